The number of nitrogens with one attached hydrogen (secondary N) is 2. The molecule has 7 heteroatoms. The molecule has 27 heavy (non-hydrogen) atoms. The number of hydrogen-bond donors (Lipinski definition) is 3. The third kappa shape index (κ3) is 5.88. The third-order valence-corrected chi connectivity index (χ3v) is 5.17. The van der Waals surface area contributed by atoms with Gasteiger partial charge < -0.3 is 25.2 Å². The summed E-state index contributed by atoms with van der Waals surface area (Å²) in [6.07, 6.45) is 3.55. The summed E-state index contributed by atoms with van der Waals surface area (Å²) >= 11 is 0. The van der Waals surface area contributed by atoms with Gasteiger partial charge in [0.2, 0.25) is 6.79 Å². The number of rotatable bonds is 5. The zero-order valence-corrected chi connectivity index (χ0v) is 18.8. The van der Waals surface area contributed by atoms with Crippen LogP contribution in [0.3, 0.4) is 0 Å². The van der Waals surface area contributed by atoms with Gasteiger partial charge in [-0.25, -0.2) is 0 Å². The molecule has 6 nitrogen and oxygen atoms in total. The van der Waals surface area contributed by atoms with Crippen molar-refractivity contribution >= 4 is 29.9 Å². The number of hydrogen-bond acceptors (Lipinski definition) is 4. The fourth-order valence-corrected chi connectivity index (χ4v) is 3.42. The van der Waals surface area contributed by atoms with Gasteiger partial charge in [0.1, 0.15) is 0 Å². The van der Waals surface area contributed by atoms with Crippen LogP contribution >= 0.6 is 24.0 Å². The van der Waals surface area contributed by atoms with Gasteiger partial charge in [-0.3, -0.25) is 4.99 Å². The molecule has 0 radical (unpaired) electrons. The first-order valence-corrected chi connectivity index (χ1v) is 9.61. The van der Waals surface area contributed by atoms with Gasteiger partial charge in [0.05, 0.1) is 12.6 Å². The Kier molecular flexibility index (Phi) is 8.03. The van der Waals surface area contributed by atoms with E-state index in [2.05, 4.69) is 43.5 Å². The molecule has 1 aliphatic heterocycles. The molecule has 3 rings (SSSR count). The van der Waals surface area contributed by atoms with Crippen LogP contribution in [0, 0.1) is 0 Å². The van der Waals surface area contributed by atoms with Gasteiger partial charge in [-0.1, -0.05) is 19.9 Å². The van der Waals surface area contributed by atoms with Gasteiger partial charge in [0.15, 0.2) is 17.5 Å². The van der Waals surface area contributed by atoms with Crippen LogP contribution in [0.5, 0.6) is 11.5 Å². The summed E-state index contributed by atoms with van der Waals surface area (Å²) in [5.41, 5.74) is 1.06. The van der Waals surface area contributed by atoms with E-state index in [9.17, 15) is 5.11 Å². The summed E-state index contributed by atoms with van der Waals surface area (Å²) in [4.78, 5) is 4.83. The number of halogens is 1. The van der Waals surface area contributed by atoms with E-state index in [4.69, 9.17) is 14.5 Å². The van der Waals surface area contributed by atoms with E-state index in [1.54, 1.807) is 0 Å². The standard InChI is InChI=1S/C20H31N3O3.HI/c1-4-21-19(23-15-6-8-16(24)9-7-15)22-12-20(2,3)14-5-10-17-18(11-14)26-13-25-17;/h5,10-11,15-16,24H,4,6-9,12-13H2,1-3H3,(H2,21,22,23);1H. The van der Waals surface area contributed by atoms with Gasteiger partial charge in [-0.2, -0.15) is 0 Å². The highest BCUT2D eigenvalue weighted by atomic mass is 127. The molecule has 1 heterocycles. The Morgan fingerprint density at radius 2 is 1.89 bits per heavy atom. The Morgan fingerprint density at radius 3 is 2.59 bits per heavy atom. The van der Waals surface area contributed by atoms with Crippen LogP contribution in [0.1, 0.15) is 52.0 Å². The molecule has 0 aromatic heterocycles. The minimum atomic E-state index is -0.141. The van der Waals surface area contributed by atoms with Crippen LogP contribution in [-0.2, 0) is 5.41 Å². The van der Waals surface area contributed by atoms with Crippen molar-refractivity contribution in [2.24, 2.45) is 4.99 Å². The minimum absolute atomic E-state index is 0. The first-order valence-electron chi connectivity index (χ1n) is 9.61. The highest BCUT2D eigenvalue weighted by molar-refractivity contribution is 14.0. The molecular formula is C20H32IN3O3. The predicted octanol–water partition coefficient (Wildman–Crippen LogP) is 3.17. The highest BCUT2D eigenvalue weighted by Crippen LogP contribution is 2.36. The van der Waals surface area contributed by atoms with Crippen molar-refractivity contribution in [1.82, 2.24) is 10.6 Å². The van der Waals surface area contributed by atoms with Crippen molar-refractivity contribution in [2.75, 3.05) is 19.9 Å². The van der Waals surface area contributed by atoms with Crippen LogP contribution in [0.25, 0.3) is 0 Å². The fraction of sp³-hybridized carbons (Fsp3) is 0.650. The molecule has 152 valence electrons. The molecule has 3 N–H and O–H groups in total. The van der Waals surface area contributed by atoms with E-state index in [0.717, 1.165) is 49.7 Å². The van der Waals surface area contributed by atoms with E-state index in [1.807, 2.05) is 6.07 Å². The minimum Gasteiger partial charge on any atom is -0.454 e. The summed E-state index contributed by atoms with van der Waals surface area (Å²) in [6, 6.07) is 6.50. The number of nitrogens with zero attached hydrogens (tertiary/aromatic N) is 1. The molecule has 0 saturated heterocycles. The SMILES string of the molecule is CCNC(=NCC(C)(C)c1ccc2c(c1)OCO2)NC1CCC(O)CC1.I. The van der Waals surface area contributed by atoms with Crippen molar-refractivity contribution in [1.29, 1.82) is 0 Å². The van der Waals surface area contributed by atoms with Crippen molar-refractivity contribution in [3.8, 4) is 11.5 Å². The van der Waals surface area contributed by atoms with E-state index in [0.29, 0.717) is 19.4 Å². The monoisotopic (exact) mass is 489 g/mol. The Balaban J connectivity index is 0.00000261. The van der Waals surface area contributed by atoms with Gasteiger partial charge in [0, 0.05) is 18.0 Å². The molecule has 2 aliphatic rings. The molecule has 0 spiro atoms. The Hall–Kier alpha value is -1.22. The van der Waals surface area contributed by atoms with Crippen LogP contribution in [-0.4, -0.2) is 43.1 Å². The molecule has 0 atom stereocenters. The second kappa shape index (κ2) is 9.82. The van der Waals surface area contributed by atoms with E-state index < -0.39 is 0 Å². The lowest BCUT2D eigenvalue weighted by molar-refractivity contribution is 0.120. The van der Waals surface area contributed by atoms with Crippen molar-refractivity contribution < 1.29 is 14.6 Å². The number of benzene rings is 1. The number of aliphatic hydroxyl groups excluding tert-OH is 1. The van der Waals surface area contributed by atoms with Crippen molar-refractivity contribution in [3.05, 3.63) is 23.8 Å². The first-order chi connectivity index (χ1) is 12.5. The van der Waals surface area contributed by atoms with Crippen LogP contribution in [0.4, 0.5) is 0 Å². The van der Waals surface area contributed by atoms with Crippen molar-refractivity contribution in [2.45, 2.75) is 64.0 Å². The lowest BCUT2D eigenvalue weighted by Crippen LogP contribution is -2.45. The number of ether oxygens (including phenoxy) is 2. The summed E-state index contributed by atoms with van der Waals surface area (Å²) in [7, 11) is 0. The second-order valence-corrected chi connectivity index (χ2v) is 7.80. The summed E-state index contributed by atoms with van der Waals surface area (Å²) in [6.45, 7) is 8.23. The van der Waals surface area contributed by atoms with Crippen LogP contribution in [0.2, 0.25) is 0 Å². The molecule has 1 aliphatic carbocycles. The lowest BCUT2D eigenvalue weighted by Gasteiger charge is -2.28. The second-order valence-electron chi connectivity index (χ2n) is 7.80. The summed E-state index contributed by atoms with van der Waals surface area (Å²) in [5.74, 6) is 2.47. The van der Waals surface area contributed by atoms with E-state index >= 15 is 0 Å². The lowest BCUT2D eigenvalue weighted by atomic mass is 9.84. The number of fused-ring (bicyclic) bond motifs is 1. The molecule has 1 aromatic carbocycles. The topological polar surface area (TPSA) is 75.1 Å². The van der Waals surface area contributed by atoms with Crippen molar-refractivity contribution in [3.63, 3.8) is 0 Å². The molecule has 0 amide bonds. The van der Waals surface area contributed by atoms with Gasteiger partial charge >= 0.3 is 0 Å². The Labute approximate surface area is 179 Å². The van der Waals surface area contributed by atoms with E-state index in [1.165, 1.54) is 5.56 Å². The Morgan fingerprint density at radius 1 is 1.19 bits per heavy atom. The maximum atomic E-state index is 9.67. The zero-order valence-electron chi connectivity index (χ0n) is 16.5. The smallest absolute Gasteiger partial charge is 0.231 e. The molecule has 0 bridgehead atoms. The number of aliphatic hydroxyl groups is 1. The molecule has 1 saturated carbocycles. The molecule has 0 unspecified atom stereocenters. The predicted molar refractivity (Wildman–Crippen MR) is 118 cm³/mol. The highest BCUT2D eigenvalue weighted by Gasteiger charge is 2.25. The van der Waals surface area contributed by atoms with Gasteiger partial charge in [0.25, 0.3) is 0 Å². The first kappa shape index (κ1) is 22.1. The average molecular weight is 489 g/mol. The maximum Gasteiger partial charge on any atom is 0.231 e. The summed E-state index contributed by atoms with van der Waals surface area (Å²) in [5, 5.41) is 16.5. The molecule has 1 fully saturated rings. The average Bonchev–Trinajstić information content (AvgIpc) is 3.09. The van der Waals surface area contributed by atoms with E-state index in [-0.39, 0.29) is 35.5 Å². The summed E-state index contributed by atoms with van der Waals surface area (Å²) < 4.78 is 10.9. The number of aliphatic imine (C=N–C) groups is 1. The van der Waals surface area contributed by atoms with Crippen LogP contribution < -0.4 is 20.1 Å². The third-order valence-electron chi connectivity index (χ3n) is 5.17. The number of guanidine groups is 1. The quantitative estimate of drug-likeness (QED) is 0.337. The van der Waals surface area contributed by atoms with Crippen LogP contribution in [0.15, 0.2) is 23.2 Å². The van der Waals surface area contributed by atoms with Gasteiger partial charge in [-0.05, 0) is 50.3 Å². The fourth-order valence-electron chi connectivity index (χ4n) is 3.42. The van der Waals surface area contributed by atoms with Gasteiger partial charge in [-0.15, -0.1) is 24.0 Å². The zero-order chi connectivity index (χ0) is 18.6. The maximum absolute atomic E-state index is 9.67. The molecule has 1 aromatic rings. The largest absolute Gasteiger partial charge is 0.454 e. The normalized spacial score (nSPS) is 22.1. The Bertz CT molecular complexity index is 643. The molecular weight excluding hydrogens is 457 g/mol.